The van der Waals surface area contributed by atoms with Crippen LogP contribution in [0.15, 0.2) is 54.7 Å². The molecule has 0 amide bonds. The number of ether oxygens (including phenoxy) is 1. The van der Waals surface area contributed by atoms with Crippen molar-refractivity contribution in [3.05, 3.63) is 65.3 Å². The van der Waals surface area contributed by atoms with Crippen LogP contribution in [-0.4, -0.2) is 17.0 Å². The van der Waals surface area contributed by atoms with Gasteiger partial charge in [-0.1, -0.05) is 29.8 Å². The fourth-order valence-corrected chi connectivity index (χ4v) is 2.44. The number of halogens is 1. The fourth-order valence-electron chi connectivity index (χ4n) is 2.32. The monoisotopic (exact) mass is 314 g/mol. The number of aromatic nitrogens is 1. The lowest BCUT2D eigenvalue weighted by Crippen LogP contribution is -2.36. The Balaban J connectivity index is 1.69. The van der Waals surface area contributed by atoms with E-state index in [-0.39, 0.29) is 0 Å². The van der Waals surface area contributed by atoms with Gasteiger partial charge in [-0.3, -0.25) is 0 Å². The van der Waals surface area contributed by atoms with Crippen molar-refractivity contribution in [1.82, 2.24) is 4.98 Å². The number of hydrogen-bond acceptors (Lipinski definition) is 3. The van der Waals surface area contributed by atoms with Crippen LogP contribution in [0.25, 0.3) is 10.9 Å². The maximum Gasteiger partial charge on any atom is 0.328 e. The van der Waals surface area contributed by atoms with Crippen molar-refractivity contribution < 1.29 is 9.53 Å². The zero-order valence-electron chi connectivity index (χ0n) is 11.8. The van der Waals surface area contributed by atoms with Gasteiger partial charge in [0.1, 0.15) is 11.8 Å². The molecule has 0 aliphatic rings. The smallest absolute Gasteiger partial charge is 0.328 e. The Morgan fingerprint density at radius 2 is 1.91 bits per heavy atom. The zero-order chi connectivity index (χ0) is 15.5. The third kappa shape index (κ3) is 3.13. The highest BCUT2D eigenvalue weighted by Gasteiger charge is 2.18. The number of carbonyl (C=O) groups is 1. The number of nitrogens with two attached hydrogens (primary N) is 1. The molecule has 1 heterocycles. The van der Waals surface area contributed by atoms with Gasteiger partial charge in [0, 0.05) is 28.5 Å². The summed E-state index contributed by atoms with van der Waals surface area (Å²) in [4.78, 5) is 15.2. The van der Waals surface area contributed by atoms with Crippen LogP contribution in [0.3, 0.4) is 0 Å². The summed E-state index contributed by atoms with van der Waals surface area (Å²) in [5.74, 6) is -0.0311. The summed E-state index contributed by atoms with van der Waals surface area (Å²) >= 11 is 5.79. The number of fused-ring (bicyclic) bond motifs is 1. The van der Waals surface area contributed by atoms with E-state index in [0.717, 1.165) is 16.5 Å². The maximum atomic E-state index is 12.1. The molecule has 22 heavy (non-hydrogen) atoms. The Morgan fingerprint density at radius 3 is 2.68 bits per heavy atom. The molecule has 1 aromatic heterocycles. The van der Waals surface area contributed by atoms with Gasteiger partial charge in [-0.25, -0.2) is 4.79 Å². The maximum absolute atomic E-state index is 12.1. The molecule has 112 valence electrons. The number of rotatable bonds is 4. The predicted molar refractivity (Wildman–Crippen MR) is 87.1 cm³/mol. The second-order valence-electron chi connectivity index (χ2n) is 5.05. The highest BCUT2D eigenvalue weighted by Crippen LogP contribution is 2.20. The Hall–Kier alpha value is -2.30. The summed E-state index contributed by atoms with van der Waals surface area (Å²) in [6.45, 7) is 0. The topological polar surface area (TPSA) is 68.1 Å². The molecule has 0 unspecified atom stereocenters. The van der Waals surface area contributed by atoms with Crippen LogP contribution in [0.4, 0.5) is 0 Å². The largest absolute Gasteiger partial charge is 0.425 e. The molecule has 2 aromatic carbocycles. The van der Waals surface area contributed by atoms with Gasteiger partial charge in [0.2, 0.25) is 0 Å². The molecule has 0 radical (unpaired) electrons. The average Bonchev–Trinajstić information content (AvgIpc) is 2.93. The Bertz CT molecular complexity index is 796. The van der Waals surface area contributed by atoms with Crippen molar-refractivity contribution in [3.63, 3.8) is 0 Å². The summed E-state index contributed by atoms with van der Waals surface area (Å²) in [6, 6.07) is 13.8. The summed E-state index contributed by atoms with van der Waals surface area (Å²) in [5.41, 5.74) is 7.98. The number of para-hydroxylation sites is 1. The molecular weight excluding hydrogens is 300 g/mol. The first-order chi connectivity index (χ1) is 10.6. The van der Waals surface area contributed by atoms with Crippen molar-refractivity contribution in [2.75, 3.05) is 0 Å². The number of nitrogens with one attached hydrogen (secondary N) is 1. The Morgan fingerprint density at radius 1 is 1.18 bits per heavy atom. The first-order valence-corrected chi connectivity index (χ1v) is 7.29. The van der Waals surface area contributed by atoms with Crippen LogP contribution >= 0.6 is 11.6 Å². The lowest BCUT2D eigenvalue weighted by atomic mass is 10.1. The number of aromatic amines is 1. The van der Waals surface area contributed by atoms with Crippen molar-refractivity contribution >= 4 is 28.5 Å². The average molecular weight is 315 g/mol. The van der Waals surface area contributed by atoms with E-state index in [4.69, 9.17) is 22.1 Å². The van der Waals surface area contributed by atoms with Crippen LogP contribution in [0.1, 0.15) is 5.56 Å². The standard InChI is InChI=1S/C17H15ClN2O2/c18-12-5-7-13(8-6-12)22-17(21)15(19)9-11-10-20-16-4-2-1-3-14(11)16/h1-8,10,15,20H,9,19H2/t15-/m0/s1. The van der Waals surface area contributed by atoms with Gasteiger partial charge in [0.15, 0.2) is 0 Å². The minimum atomic E-state index is -0.727. The molecule has 1 atom stereocenters. The number of hydrogen-bond donors (Lipinski definition) is 2. The quantitative estimate of drug-likeness (QED) is 0.573. The van der Waals surface area contributed by atoms with E-state index < -0.39 is 12.0 Å². The molecule has 0 bridgehead atoms. The SMILES string of the molecule is N[C@@H](Cc1c[nH]c2ccccc12)C(=O)Oc1ccc(Cl)cc1. The predicted octanol–water partition coefficient (Wildman–Crippen LogP) is 3.30. The zero-order valence-corrected chi connectivity index (χ0v) is 12.5. The summed E-state index contributed by atoms with van der Waals surface area (Å²) in [6.07, 6.45) is 2.29. The highest BCUT2D eigenvalue weighted by molar-refractivity contribution is 6.30. The minimum Gasteiger partial charge on any atom is -0.425 e. The van der Waals surface area contributed by atoms with Crippen LogP contribution < -0.4 is 10.5 Å². The third-order valence-corrected chi connectivity index (χ3v) is 3.70. The molecule has 0 aliphatic carbocycles. The first kappa shape index (κ1) is 14.6. The molecule has 3 rings (SSSR count). The molecule has 0 spiro atoms. The van der Waals surface area contributed by atoms with E-state index in [1.165, 1.54) is 0 Å². The van der Waals surface area contributed by atoms with Gasteiger partial charge in [-0.05, 0) is 35.9 Å². The van der Waals surface area contributed by atoms with Gasteiger partial charge >= 0.3 is 5.97 Å². The molecule has 0 fully saturated rings. The molecule has 3 N–H and O–H groups in total. The summed E-state index contributed by atoms with van der Waals surface area (Å²) in [7, 11) is 0. The normalized spacial score (nSPS) is 12.3. The highest BCUT2D eigenvalue weighted by atomic mass is 35.5. The minimum absolute atomic E-state index is 0.413. The van der Waals surface area contributed by atoms with Crippen molar-refractivity contribution in [1.29, 1.82) is 0 Å². The van der Waals surface area contributed by atoms with Crippen LogP contribution in [0, 0.1) is 0 Å². The van der Waals surface area contributed by atoms with Gasteiger partial charge < -0.3 is 15.5 Å². The Kier molecular flexibility index (Phi) is 4.13. The second-order valence-corrected chi connectivity index (χ2v) is 5.48. The number of esters is 1. The van der Waals surface area contributed by atoms with Crippen molar-refractivity contribution in [2.45, 2.75) is 12.5 Å². The summed E-state index contributed by atoms with van der Waals surface area (Å²) < 4.78 is 5.26. The molecule has 4 nitrogen and oxygen atoms in total. The van der Waals surface area contributed by atoms with Gasteiger partial charge in [-0.15, -0.1) is 0 Å². The van der Waals surface area contributed by atoms with Gasteiger partial charge in [0.25, 0.3) is 0 Å². The molecule has 0 saturated heterocycles. The van der Waals surface area contributed by atoms with E-state index in [2.05, 4.69) is 4.98 Å². The second kappa shape index (κ2) is 6.22. The van der Waals surface area contributed by atoms with Crippen molar-refractivity contribution in [3.8, 4) is 5.75 Å². The Labute approximate surface area is 132 Å². The van der Waals surface area contributed by atoms with Gasteiger partial charge in [0.05, 0.1) is 0 Å². The van der Waals surface area contributed by atoms with Crippen LogP contribution in [-0.2, 0) is 11.2 Å². The van der Waals surface area contributed by atoms with E-state index in [1.54, 1.807) is 24.3 Å². The fraction of sp³-hybridized carbons (Fsp3) is 0.118. The first-order valence-electron chi connectivity index (χ1n) is 6.91. The van der Waals surface area contributed by atoms with E-state index in [1.807, 2.05) is 30.5 Å². The van der Waals surface area contributed by atoms with E-state index in [9.17, 15) is 4.79 Å². The molecular formula is C17H15ClN2O2. The van der Waals surface area contributed by atoms with Crippen LogP contribution in [0.2, 0.25) is 5.02 Å². The lowest BCUT2D eigenvalue weighted by Gasteiger charge is -2.11. The lowest BCUT2D eigenvalue weighted by molar-refractivity contribution is -0.135. The molecule has 0 aliphatic heterocycles. The van der Waals surface area contributed by atoms with Gasteiger partial charge in [-0.2, -0.15) is 0 Å². The molecule has 3 aromatic rings. The third-order valence-electron chi connectivity index (χ3n) is 3.45. The molecule has 0 saturated carbocycles. The number of carbonyl (C=O) groups excluding carboxylic acids is 1. The van der Waals surface area contributed by atoms with Crippen LogP contribution in [0.5, 0.6) is 5.75 Å². The molecule has 5 heteroatoms. The van der Waals surface area contributed by atoms with Crippen molar-refractivity contribution in [2.24, 2.45) is 5.73 Å². The summed E-state index contributed by atoms with van der Waals surface area (Å²) in [5, 5.41) is 1.65. The van der Waals surface area contributed by atoms with E-state index >= 15 is 0 Å². The number of benzene rings is 2. The van der Waals surface area contributed by atoms with E-state index in [0.29, 0.717) is 17.2 Å². The number of H-pyrrole nitrogens is 1.